The summed E-state index contributed by atoms with van der Waals surface area (Å²) in [6.45, 7) is 5.16. The number of rotatable bonds is 1. The van der Waals surface area contributed by atoms with Crippen LogP contribution in [0.2, 0.25) is 0 Å². The van der Waals surface area contributed by atoms with Crippen molar-refractivity contribution in [3.05, 3.63) is 0 Å². The molecule has 0 aliphatic carbocycles. The zero-order chi connectivity index (χ0) is 10.3. The molecule has 0 atom stereocenters. The van der Waals surface area contributed by atoms with Gasteiger partial charge in [0.2, 0.25) is 0 Å². The number of piperidine rings is 1. The Morgan fingerprint density at radius 2 is 1.85 bits per heavy atom. The highest BCUT2D eigenvalue weighted by molar-refractivity contribution is 5.08. The zero-order valence-corrected chi connectivity index (χ0v) is 8.67. The third-order valence-corrected chi connectivity index (χ3v) is 2.29. The topological polar surface area (TPSA) is 59.3 Å². The van der Waals surface area contributed by atoms with Crippen molar-refractivity contribution in [2.75, 3.05) is 20.1 Å². The molecule has 0 bridgehead atoms. The van der Waals surface area contributed by atoms with Crippen LogP contribution in [-0.2, 0) is 0 Å². The van der Waals surface area contributed by atoms with E-state index in [-0.39, 0.29) is 0 Å². The molecule has 0 aromatic heterocycles. The Kier molecular flexibility index (Phi) is 5.63. The molecular weight excluding hydrogens is 166 g/mol. The molecular formula is C9H19N3O. The van der Waals surface area contributed by atoms with Crippen LogP contribution in [0.4, 0.5) is 0 Å². The monoisotopic (exact) mass is 185 g/mol. The molecule has 0 aromatic rings. The second-order valence-corrected chi connectivity index (χ2v) is 2.90. The standard InChI is InChI=1S/C7H13N3O.C2H6/c1-9-7(6-8)2-4-10(11)5-3-7;1-2/h9,11H,2-5H2,1H3;1-2H3. The summed E-state index contributed by atoms with van der Waals surface area (Å²) >= 11 is 0. The largest absolute Gasteiger partial charge is 0.314 e. The summed E-state index contributed by atoms with van der Waals surface area (Å²) < 4.78 is 0. The molecule has 0 unspecified atom stereocenters. The maximum Gasteiger partial charge on any atom is 0.109 e. The van der Waals surface area contributed by atoms with Crippen LogP contribution in [-0.4, -0.2) is 35.9 Å². The molecule has 0 aromatic carbocycles. The van der Waals surface area contributed by atoms with Crippen LogP contribution in [0.15, 0.2) is 0 Å². The van der Waals surface area contributed by atoms with Gasteiger partial charge in [0.25, 0.3) is 0 Å². The van der Waals surface area contributed by atoms with E-state index in [4.69, 9.17) is 10.5 Å². The second kappa shape index (κ2) is 5.92. The fourth-order valence-corrected chi connectivity index (χ4v) is 1.29. The number of nitriles is 1. The van der Waals surface area contributed by atoms with Gasteiger partial charge in [-0.05, 0) is 19.9 Å². The summed E-state index contributed by atoms with van der Waals surface area (Å²) in [4.78, 5) is 0. The molecule has 0 amide bonds. The van der Waals surface area contributed by atoms with Crippen molar-refractivity contribution in [1.82, 2.24) is 10.4 Å². The summed E-state index contributed by atoms with van der Waals surface area (Å²) in [7, 11) is 1.79. The lowest BCUT2D eigenvalue weighted by atomic mass is 9.90. The van der Waals surface area contributed by atoms with Crippen molar-refractivity contribution in [2.24, 2.45) is 0 Å². The van der Waals surface area contributed by atoms with E-state index in [2.05, 4.69) is 11.4 Å². The molecule has 1 aliphatic rings. The van der Waals surface area contributed by atoms with Crippen LogP contribution in [0, 0.1) is 11.3 Å². The molecule has 13 heavy (non-hydrogen) atoms. The molecule has 2 N–H and O–H groups in total. The minimum atomic E-state index is -0.404. The van der Waals surface area contributed by atoms with E-state index < -0.39 is 5.54 Å². The van der Waals surface area contributed by atoms with Crippen molar-refractivity contribution >= 4 is 0 Å². The normalized spacial score (nSPS) is 21.2. The highest BCUT2D eigenvalue weighted by atomic mass is 16.5. The van der Waals surface area contributed by atoms with Crippen molar-refractivity contribution < 1.29 is 5.21 Å². The quantitative estimate of drug-likeness (QED) is 0.639. The van der Waals surface area contributed by atoms with Gasteiger partial charge in [-0.15, -0.1) is 0 Å². The average molecular weight is 185 g/mol. The van der Waals surface area contributed by atoms with Crippen LogP contribution in [0.1, 0.15) is 26.7 Å². The Morgan fingerprint density at radius 1 is 1.38 bits per heavy atom. The summed E-state index contributed by atoms with van der Waals surface area (Å²) in [5.74, 6) is 0. The first-order valence-electron chi connectivity index (χ1n) is 4.76. The number of hydrogen-bond acceptors (Lipinski definition) is 4. The van der Waals surface area contributed by atoms with Gasteiger partial charge >= 0.3 is 0 Å². The SMILES string of the molecule is CC.CNC1(C#N)CCN(O)CC1. The van der Waals surface area contributed by atoms with E-state index in [0.717, 1.165) is 0 Å². The van der Waals surface area contributed by atoms with Crippen molar-refractivity contribution in [3.8, 4) is 6.07 Å². The first-order valence-corrected chi connectivity index (χ1v) is 4.76. The van der Waals surface area contributed by atoms with Gasteiger partial charge in [0.1, 0.15) is 5.54 Å². The van der Waals surface area contributed by atoms with Gasteiger partial charge in [-0.2, -0.15) is 10.3 Å². The third-order valence-electron chi connectivity index (χ3n) is 2.29. The first kappa shape index (κ1) is 12.4. The lowest BCUT2D eigenvalue weighted by Gasteiger charge is -2.33. The predicted octanol–water partition coefficient (Wildman–Crippen LogP) is 0.979. The molecule has 4 heteroatoms. The van der Waals surface area contributed by atoms with E-state index in [1.807, 2.05) is 13.8 Å². The van der Waals surface area contributed by atoms with Crippen molar-refractivity contribution in [3.63, 3.8) is 0 Å². The van der Waals surface area contributed by atoms with Crippen molar-refractivity contribution in [2.45, 2.75) is 32.2 Å². The van der Waals surface area contributed by atoms with Crippen LogP contribution in [0.25, 0.3) is 0 Å². The van der Waals surface area contributed by atoms with Gasteiger partial charge in [0.15, 0.2) is 0 Å². The lowest BCUT2D eigenvalue weighted by Crippen LogP contribution is -2.50. The Labute approximate surface area is 80.1 Å². The first-order chi connectivity index (χ1) is 6.22. The summed E-state index contributed by atoms with van der Waals surface area (Å²) in [6.07, 6.45) is 1.38. The minimum absolute atomic E-state index is 0.404. The summed E-state index contributed by atoms with van der Waals surface area (Å²) in [5, 5.41) is 22.1. The predicted molar refractivity (Wildman–Crippen MR) is 51.3 cm³/mol. The molecule has 1 rings (SSSR count). The molecule has 1 fully saturated rings. The van der Waals surface area contributed by atoms with Gasteiger partial charge in [-0.1, -0.05) is 13.8 Å². The van der Waals surface area contributed by atoms with Crippen LogP contribution < -0.4 is 5.32 Å². The molecule has 1 heterocycles. The van der Waals surface area contributed by atoms with E-state index in [1.165, 1.54) is 5.06 Å². The molecule has 76 valence electrons. The van der Waals surface area contributed by atoms with Gasteiger partial charge in [-0.25, -0.2) is 0 Å². The van der Waals surface area contributed by atoms with E-state index in [1.54, 1.807) is 7.05 Å². The van der Waals surface area contributed by atoms with Crippen LogP contribution in [0.5, 0.6) is 0 Å². The third kappa shape index (κ3) is 3.31. The highest BCUT2D eigenvalue weighted by Crippen LogP contribution is 2.19. The molecule has 0 saturated carbocycles. The summed E-state index contributed by atoms with van der Waals surface area (Å²) in [6, 6.07) is 2.24. The fraction of sp³-hybridized carbons (Fsp3) is 0.889. The second-order valence-electron chi connectivity index (χ2n) is 2.90. The molecule has 1 aliphatic heterocycles. The Bertz CT molecular complexity index is 168. The molecule has 1 saturated heterocycles. The zero-order valence-electron chi connectivity index (χ0n) is 8.67. The fourth-order valence-electron chi connectivity index (χ4n) is 1.29. The number of hydroxylamine groups is 2. The Morgan fingerprint density at radius 3 is 2.15 bits per heavy atom. The van der Waals surface area contributed by atoms with Gasteiger partial charge in [0.05, 0.1) is 6.07 Å². The van der Waals surface area contributed by atoms with Gasteiger partial charge in [0, 0.05) is 13.1 Å². The molecule has 0 radical (unpaired) electrons. The smallest absolute Gasteiger partial charge is 0.109 e. The maximum absolute atomic E-state index is 9.03. The van der Waals surface area contributed by atoms with Gasteiger partial charge in [-0.3, -0.25) is 0 Å². The Hall–Kier alpha value is -0.630. The van der Waals surface area contributed by atoms with Crippen LogP contribution in [0.3, 0.4) is 0 Å². The van der Waals surface area contributed by atoms with E-state index >= 15 is 0 Å². The highest BCUT2D eigenvalue weighted by Gasteiger charge is 2.32. The number of nitrogens with one attached hydrogen (secondary N) is 1. The average Bonchev–Trinajstić information content (AvgIpc) is 2.23. The van der Waals surface area contributed by atoms with Gasteiger partial charge < -0.3 is 10.5 Å². The van der Waals surface area contributed by atoms with E-state index in [9.17, 15) is 0 Å². The number of nitrogens with zero attached hydrogens (tertiary/aromatic N) is 2. The Balaban J connectivity index is 0.000000671. The van der Waals surface area contributed by atoms with Crippen LogP contribution >= 0.6 is 0 Å². The van der Waals surface area contributed by atoms with E-state index in [0.29, 0.717) is 25.9 Å². The minimum Gasteiger partial charge on any atom is -0.314 e. The van der Waals surface area contributed by atoms with Crippen molar-refractivity contribution in [1.29, 1.82) is 5.26 Å². The number of hydrogen-bond donors (Lipinski definition) is 2. The molecule has 4 nitrogen and oxygen atoms in total. The maximum atomic E-state index is 9.03. The lowest BCUT2D eigenvalue weighted by molar-refractivity contribution is -0.112. The summed E-state index contributed by atoms with van der Waals surface area (Å²) in [5.41, 5.74) is -0.404. The molecule has 0 spiro atoms.